The van der Waals surface area contributed by atoms with Crippen molar-refractivity contribution in [1.29, 1.82) is 0 Å². The first-order valence-electron chi connectivity index (χ1n) is 3.94. The largest absolute Gasteiger partial charge is 0.366 e. The molecule has 0 spiro atoms. The SMILES string of the molecule is [CH2]CCOCN(CC)CC. The minimum absolute atomic E-state index is 0.752. The maximum Gasteiger partial charge on any atom is 0.0990 e. The highest BCUT2D eigenvalue weighted by Gasteiger charge is 1.95. The van der Waals surface area contributed by atoms with Crippen LogP contribution in [0.4, 0.5) is 0 Å². The van der Waals surface area contributed by atoms with E-state index in [4.69, 9.17) is 4.74 Å². The smallest absolute Gasteiger partial charge is 0.0990 e. The zero-order valence-corrected chi connectivity index (χ0v) is 7.10. The summed E-state index contributed by atoms with van der Waals surface area (Å²) in [5.41, 5.74) is 0. The van der Waals surface area contributed by atoms with Gasteiger partial charge in [-0.3, -0.25) is 4.90 Å². The molecular formula is C8H18NO. The molecular weight excluding hydrogens is 126 g/mol. The highest BCUT2D eigenvalue weighted by atomic mass is 16.5. The lowest BCUT2D eigenvalue weighted by Crippen LogP contribution is -2.25. The average molecular weight is 144 g/mol. The predicted molar refractivity (Wildman–Crippen MR) is 43.7 cm³/mol. The molecule has 0 aromatic carbocycles. The third-order valence-electron chi connectivity index (χ3n) is 1.46. The summed E-state index contributed by atoms with van der Waals surface area (Å²) >= 11 is 0. The second kappa shape index (κ2) is 7.03. The van der Waals surface area contributed by atoms with Gasteiger partial charge >= 0.3 is 0 Å². The van der Waals surface area contributed by atoms with E-state index < -0.39 is 0 Å². The lowest BCUT2D eigenvalue weighted by atomic mass is 10.5. The van der Waals surface area contributed by atoms with Crippen molar-refractivity contribution in [2.45, 2.75) is 20.3 Å². The van der Waals surface area contributed by atoms with E-state index in [1.165, 1.54) is 0 Å². The van der Waals surface area contributed by atoms with Crippen molar-refractivity contribution in [2.75, 3.05) is 26.4 Å². The molecule has 0 unspecified atom stereocenters. The molecule has 0 aliphatic heterocycles. The number of ether oxygens (including phenoxy) is 1. The topological polar surface area (TPSA) is 12.5 Å². The summed E-state index contributed by atoms with van der Waals surface area (Å²) in [5, 5.41) is 0. The Labute approximate surface area is 64.2 Å². The first-order chi connectivity index (χ1) is 4.85. The number of hydrogen-bond acceptors (Lipinski definition) is 2. The van der Waals surface area contributed by atoms with Gasteiger partial charge < -0.3 is 4.74 Å². The van der Waals surface area contributed by atoms with Gasteiger partial charge in [-0.05, 0) is 19.5 Å². The summed E-state index contributed by atoms with van der Waals surface area (Å²) in [6, 6.07) is 0. The molecule has 0 rings (SSSR count). The maximum absolute atomic E-state index is 5.29. The van der Waals surface area contributed by atoms with Gasteiger partial charge in [-0.15, -0.1) is 0 Å². The molecule has 0 bridgehead atoms. The standard InChI is InChI=1S/C8H18NO/c1-4-7-10-8-9(5-2)6-3/h1,4-8H2,2-3H3. The molecule has 0 heterocycles. The summed E-state index contributed by atoms with van der Waals surface area (Å²) in [6.07, 6.45) is 0.862. The molecule has 0 saturated carbocycles. The van der Waals surface area contributed by atoms with E-state index in [-0.39, 0.29) is 0 Å². The predicted octanol–water partition coefficient (Wildman–Crippen LogP) is 1.53. The van der Waals surface area contributed by atoms with Crippen molar-refractivity contribution in [1.82, 2.24) is 4.90 Å². The number of nitrogens with zero attached hydrogens (tertiary/aromatic N) is 1. The van der Waals surface area contributed by atoms with Gasteiger partial charge in [0.15, 0.2) is 0 Å². The van der Waals surface area contributed by atoms with Crippen molar-refractivity contribution >= 4 is 0 Å². The van der Waals surface area contributed by atoms with Gasteiger partial charge in [0.2, 0.25) is 0 Å². The zero-order valence-electron chi connectivity index (χ0n) is 7.10. The van der Waals surface area contributed by atoms with Crippen LogP contribution in [0.5, 0.6) is 0 Å². The lowest BCUT2D eigenvalue weighted by Gasteiger charge is -2.17. The molecule has 61 valence electrons. The summed E-state index contributed by atoms with van der Waals surface area (Å²) in [6.45, 7) is 11.6. The van der Waals surface area contributed by atoms with E-state index in [9.17, 15) is 0 Å². The zero-order chi connectivity index (χ0) is 7.82. The van der Waals surface area contributed by atoms with Crippen LogP contribution >= 0.6 is 0 Å². The third kappa shape index (κ3) is 4.77. The molecule has 0 aliphatic rings. The molecule has 0 amide bonds. The van der Waals surface area contributed by atoms with Crippen LogP contribution in [0.25, 0.3) is 0 Å². The Morgan fingerprint density at radius 3 is 2.30 bits per heavy atom. The first kappa shape index (κ1) is 9.92. The van der Waals surface area contributed by atoms with Crippen molar-refractivity contribution in [3.63, 3.8) is 0 Å². The minimum Gasteiger partial charge on any atom is -0.366 e. The van der Waals surface area contributed by atoms with Crippen LogP contribution in [0.2, 0.25) is 0 Å². The van der Waals surface area contributed by atoms with Gasteiger partial charge in [0.05, 0.1) is 6.73 Å². The van der Waals surface area contributed by atoms with E-state index in [1.54, 1.807) is 0 Å². The first-order valence-corrected chi connectivity index (χ1v) is 3.94. The monoisotopic (exact) mass is 144 g/mol. The van der Waals surface area contributed by atoms with Crippen LogP contribution < -0.4 is 0 Å². The molecule has 0 aromatic rings. The van der Waals surface area contributed by atoms with Crippen LogP contribution in [-0.4, -0.2) is 31.3 Å². The second-order valence-electron chi connectivity index (χ2n) is 2.19. The Morgan fingerprint density at radius 1 is 1.30 bits per heavy atom. The minimum atomic E-state index is 0.752. The van der Waals surface area contributed by atoms with E-state index in [2.05, 4.69) is 25.7 Å². The van der Waals surface area contributed by atoms with E-state index in [1.807, 2.05) is 0 Å². The van der Waals surface area contributed by atoms with Gasteiger partial charge in [0.25, 0.3) is 0 Å². The van der Waals surface area contributed by atoms with Crippen LogP contribution in [-0.2, 0) is 4.74 Å². The fourth-order valence-electron chi connectivity index (χ4n) is 0.702. The third-order valence-corrected chi connectivity index (χ3v) is 1.46. The molecule has 0 aromatic heterocycles. The van der Waals surface area contributed by atoms with Gasteiger partial charge in [-0.25, -0.2) is 0 Å². The summed E-state index contributed by atoms with van der Waals surface area (Å²) in [7, 11) is 0. The maximum atomic E-state index is 5.29. The number of rotatable bonds is 6. The summed E-state index contributed by atoms with van der Waals surface area (Å²) in [4.78, 5) is 2.23. The van der Waals surface area contributed by atoms with Crippen molar-refractivity contribution in [3.8, 4) is 0 Å². The van der Waals surface area contributed by atoms with Crippen LogP contribution in [0.1, 0.15) is 20.3 Å². The van der Waals surface area contributed by atoms with Crippen LogP contribution in [0.3, 0.4) is 0 Å². The Morgan fingerprint density at radius 2 is 1.90 bits per heavy atom. The van der Waals surface area contributed by atoms with E-state index >= 15 is 0 Å². The average Bonchev–Trinajstić information content (AvgIpc) is 1.99. The van der Waals surface area contributed by atoms with Crippen molar-refractivity contribution in [2.24, 2.45) is 0 Å². The van der Waals surface area contributed by atoms with Crippen molar-refractivity contribution in [3.05, 3.63) is 6.92 Å². The number of hydrogen-bond donors (Lipinski definition) is 0. The van der Waals surface area contributed by atoms with Gasteiger partial charge in [0, 0.05) is 6.61 Å². The summed E-state index contributed by atoms with van der Waals surface area (Å²) in [5.74, 6) is 0. The molecule has 0 aliphatic carbocycles. The lowest BCUT2D eigenvalue weighted by molar-refractivity contribution is 0.0366. The quantitative estimate of drug-likeness (QED) is 0.414. The molecule has 1 radical (unpaired) electrons. The van der Waals surface area contributed by atoms with Gasteiger partial charge in [0.1, 0.15) is 0 Å². The molecule has 0 N–H and O–H groups in total. The molecule has 0 fully saturated rings. The van der Waals surface area contributed by atoms with Crippen LogP contribution in [0.15, 0.2) is 0 Å². The Hall–Kier alpha value is -0.0800. The Bertz CT molecular complexity index is 62.3. The van der Waals surface area contributed by atoms with E-state index in [0.717, 1.165) is 32.8 Å². The van der Waals surface area contributed by atoms with Crippen LogP contribution in [0, 0.1) is 6.92 Å². The normalized spacial score (nSPS) is 10.8. The fraction of sp³-hybridized carbons (Fsp3) is 0.875. The van der Waals surface area contributed by atoms with Crippen molar-refractivity contribution < 1.29 is 4.74 Å². The highest BCUT2D eigenvalue weighted by molar-refractivity contribution is 4.43. The Kier molecular flexibility index (Phi) is 6.98. The highest BCUT2D eigenvalue weighted by Crippen LogP contribution is 1.88. The molecule has 10 heavy (non-hydrogen) atoms. The van der Waals surface area contributed by atoms with E-state index in [0.29, 0.717) is 0 Å². The molecule has 2 nitrogen and oxygen atoms in total. The molecule has 0 atom stereocenters. The Balaban J connectivity index is 3.09. The second-order valence-corrected chi connectivity index (χ2v) is 2.19. The van der Waals surface area contributed by atoms with Gasteiger partial charge in [-0.2, -0.15) is 0 Å². The fourth-order valence-corrected chi connectivity index (χ4v) is 0.702. The summed E-state index contributed by atoms with van der Waals surface area (Å²) < 4.78 is 5.29. The molecule has 0 saturated heterocycles. The molecule has 2 heteroatoms. The van der Waals surface area contributed by atoms with Gasteiger partial charge in [-0.1, -0.05) is 20.8 Å².